The SMILES string of the molecule is CCOC(=O)CCCCC[N+](C)(C)Cc1cccc(OC)c1OC.[Br-]. The van der Waals surface area contributed by atoms with E-state index in [0.717, 1.165) is 53.9 Å². The van der Waals surface area contributed by atoms with Crippen molar-refractivity contribution in [2.75, 3.05) is 41.5 Å². The number of hydrogen-bond donors (Lipinski definition) is 0. The molecule has 5 nitrogen and oxygen atoms in total. The number of carbonyl (C=O) groups is 1. The Kier molecular flexibility index (Phi) is 11.5. The molecule has 0 radical (unpaired) electrons. The number of benzene rings is 1. The summed E-state index contributed by atoms with van der Waals surface area (Å²) in [5.41, 5.74) is 1.15. The van der Waals surface area contributed by atoms with Gasteiger partial charge in [0.1, 0.15) is 6.54 Å². The summed E-state index contributed by atoms with van der Waals surface area (Å²) in [6, 6.07) is 6.00. The molecule has 0 aliphatic carbocycles. The second-order valence-electron chi connectivity index (χ2n) is 6.59. The first-order chi connectivity index (χ1) is 11.4. The van der Waals surface area contributed by atoms with Crippen molar-refractivity contribution < 1.29 is 40.5 Å². The van der Waals surface area contributed by atoms with E-state index in [0.29, 0.717) is 13.0 Å². The van der Waals surface area contributed by atoms with E-state index >= 15 is 0 Å². The Morgan fingerprint density at radius 3 is 2.40 bits per heavy atom. The van der Waals surface area contributed by atoms with Crippen LogP contribution < -0.4 is 26.5 Å². The van der Waals surface area contributed by atoms with Gasteiger partial charge in [-0.25, -0.2) is 0 Å². The molecule has 0 saturated heterocycles. The summed E-state index contributed by atoms with van der Waals surface area (Å²) in [5, 5.41) is 0. The van der Waals surface area contributed by atoms with Gasteiger partial charge in [0.25, 0.3) is 0 Å². The van der Waals surface area contributed by atoms with E-state index in [2.05, 4.69) is 20.2 Å². The monoisotopic (exact) mass is 417 g/mol. The Bertz CT molecular complexity index is 520. The van der Waals surface area contributed by atoms with E-state index in [1.807, 2.05) is 19.1 Å². The normalized spacial score (nSPS) is 10.8. The average molecular weight is 418 g/mol. The van der Waals surface area contributed by atoms with Crippen molar-refractivity contribution in [2.45, 2.75) is 39.2 Å². The number of quaternary nitrogens is 1. The predicted molar refractivity (Wildman–Crippen MR) is 95.3 cm³/mol. The van der Waals surface area contributed by atoms with Crippen molar-refractivity contribution in [3.63, 3.8) is 0 Å². The van der Waals surface area contributed by atoms with Crippen LogP contribution in [0, 0.1) is 0 Å². The summed E-state index contributed by atoms with van der Waals surface area (Å²) in [6.45, 7) is 4.22. The van der Waals surface area contributed by atoms with Gasteiger partial charge >= 0.3 is 5.97 Å². The zero-order chi connectivity index (χ0) is 18.0. The quantitative estimate of drug-likeness (QED) is 0.297. The summed E-state index contributed by atoms with van der Waals surface area (Å²) in [4.78, 5) is 11.3. The molecule has 0 N–H and O–H groups in total. The maximum absolute atomic E-state index is 11.3. The van der Waals surface area contributed by atoms with E-state index in [9.17, 15) is 4.79 Å². The summed E-state index contributed by atoms with van der Waals surface area (Å²) in [7, 11) is 7.76. The number of methoxy groups -OCH3 is 2. The number of esters is 1. The first-order valence-electron chi connectivity index (χ1n) is 8.61. The molecule has 0 bridgehead atoms. The standard InChI is InChI=1S/C19H32NO4.BrH/c1-6-24-18(21)13-8-7-9-14-20(2,3)15-16-11-10-12-17(22-4)19(16)23-5;/h10-12H,6-9,13-15H2,1-5H3;1H/q+1;/p-1. The van der Waals surface area contributed by atoms with Crippen LogP contribution in [0.3, 0.4) is 0 Å². The van der Waals surface area contributed by atoms with Crippen molar-refractivity contribution in [1.82, 2.24) is 0 Å². The fourth-order valence-corrected chi connectivity index (χ4v) is 2.84. The largest absolute Gasteiger partial charge is 1.00 e. The van der Waals surface area contributed by atoms with Gasteiger partial charge in [0, 0.05) is 6.42 Å². The third-order valence-corrected chi connectivity index (χ3v) is 4.03. The van der Waals surface area contributed by atoms with E-state index in [4.69, 9.17) is 14.2 Å². The number of rotatable bonds is 11. The van der Waals surface area contributed by atoms with Crippen LogP contribution in [0.5, 0.6) is 11.5 Å². The number of nitrogens with zero attached hydrogens (tertiary/aromatic N) is 1. The molecule has 0 amide bonds. The van der Waals surface area contributed by atoms with Gasteiger partial charge in [-0.05, 0) is 38.3 Å². The van der Waals surface area contributed by atoms with Crippen molar-refractivity contribution >= 4 is 5.97 Å². The Hall–Kier alpha value is -1.27. The summed E-state index contributed by atoms with van der Waals surface area (Å²) < 4.78 is 16.7. The van der Waals surface area contributed by atoms with E-state index in [1.165, 1.54) is 0 Å². The minimum Gasteiger partial charge on any atom is -1.00 e. The number of halogens is 1. The molecule has 1 rings (SSSR count). The van der Waals surface area contributed by atoms with Gasteiger partial charge in [-0.3, -0.25) is 4.79 Å². The topological polar surface area (TPSA) is 44.8 Å². The highest BCUT2D eigenvalue weighted by Gasteiger charge is 2.20. The Morgan fingerprint density at radius 2 is 1.80 bits per heavy atom. The van der Waals surface area contributed by atoms with Crippen LogP contribution in [0.4, 0.5) is 0 Å². The number of unbranched alkanes of at least 4 members (excludes halogenated alkanes) is 2. The first-order valence-corrected chi connectivity index (χ1v) is 8.61. The molecule has 0 unspecified atom stereocenters. The van der Waals surface area contributed by atoms with Crippen LogP contribution in [-0.2, 0) is 16.1 Å². The Morgan fingerprint density at radius 1 is 1.08 bits per heavy atom. The molecule has 144 valence electrons. The lowest BCUT2D eigenvalue weighted by molar-refractivity contribution is -0.903. The van der Waals surface area contributed by atoms with Crippen LogP contribution in [-0.4, -0.2) is 51.9 Å². The van der Waals surface area contributed by atoms with E-state index in [-0.39, 0.29) is 23.0 Å². The average Bonchev–Trinajstić information content (AvgIpc) is 2.54. The van der Waals surface area contributed by atoms with Gasteiger partial charge in [0.2, 0.25) is 0 Å². The van der Waals surface area contributed by atoms with Gasteiger partial charge in [0.15, 0.2) is 11.5 Å². The second-order valence-corrected chi connectivity index (χ2v) is 6.59. The molecule has 1 aromatic carbocycles. The maximum atomic E-state index is 11.3. The number of carbonyl (C=O) groups excluding carboxylic acids is 1. The van der Waals surface area contributed by atoms with E-state index < -0.39 is 0 Å². The van der Waals surface area contributed by atoms with Gasteiger partial charge in [0.05, 0.1) is 47.0 Å². The van der Waals surface area contributed by atoms with Crippen LogP contribution in [0.2, 0.25) is 0 Å². The molecule has 0 aromatic heterocycles. The number of para-hydroxylation sites is 1. The van der Waals surface area contributed by atoms with Crippen molar-refractivity contribution in [2.24, 2.45) is 0 Å². The van der Waals surface area contributed by atoms with Crippen LogP contribution >= 0.6 is 0 Å². The molecule has 0 heterocycles. The fourth-order valence-electron chi connectivity index (χ4n) is 2.84. The van der Waals surface area contributed by atoms with Gasteiger partial charge in [-0.1, -0.05) is 6.07 Å². The lowest BCUT2D eigenvalue weighted by atomic mass is 10.1. The Labute approximate surface area is 162 Å². The van der Waals surface area contributed by atoms with Crippen molar-refractivity contribution in [3.05, 3.63) is 23.8 Å². The predicted octanol–water partition coefficient (Wildman–Crippen LogP) is 0.408. The number of hydrogen-bond acceptors (Lipinski definition) is 4. The molecule has 0 aliphatic rings. The molecule has 1 aromatic rings. The van der Waals surface area contributed by atoms with Crippen molar-refractivity contribution in [1.29, 1.82) is 0 Å². The molecule has 0 fully saturated rings. The highest BCUT2D eigenvalue weighted by atomic mass is 79.9. The zero-order valence-corrected chi connectivity index (χ0v) is 17.7. The zero-order valence-electron chi connectivity index (χ0n) is 16.1. The molecular formula is C19H32BrNO4. The van der Waals surface area contributed by atoms with Gasteiger partial charge in [-0.15, -0.1) is 0 Å². The summed E-state index contributed by atoms with van der Waals surface area (Å²) >= 11 is 0. The maximum Gasteiger partial charge on any atom is 0.305 e. The number of ether oxygens (including phenoxy) is 3. The Balaban J connectivity index is 0.00000576. The molecular weight excluding hydrogens is 386 g/mol. The first kappa shape index (κ1) is 23.7. The van der Waals surface area contributed by atoms with Gasteiger partial charge in [-0.2, -0.15) is 0 Å². The molecule has 0 aliphatic heterocycles. The summed E-state index contributed by atoms with van der Waals surface area (Å²) in [5.74, 6) is 1.49. The molecule has 0 saturated carbocycles. The molecule has 0 spiro atoms. The fraction of sp³-hybridized carbons (Fsp3) is 0.632. The smallest absolute Gasteiger partial charge is 0.305 e. The minimum atomic E-state index is -0.0904. The lowest BCUT2D eigenvalue weighted by Gasteiger charge is -2.30. The lowest BCUT2D eigenvalue weighted by Crippen LogP contribution is -3.00. The van der Waals surface area contributed by atoms with Gasteiger partial charge < -0.3 is 35.7 Å². The van der Waals surface area contributed by atoms with Crippen molar-refractivity contribution in [3.8, 4) is 11.5 Å². The third kappa shape index (κ3) is 8.59. The third-order valence-electron chi connectivity index (χ3n) is 4.03. The highest BCUT2D eigenvalue weighted by molar-refractivity contribution is 5.69. The van der Waals surface area contributed by atoms with Crippen LogP contribution in [0.25, 0.3) is 0 Å². The molecule has 0 atom stereocenters. The molecule has 6 heteroatoms. The van der Waals surface area contributed by atoms with Crippen LogP contribution in [0.1, 0.15) is 38.2 Å². The van der Waals surface area contributed by atoms with E-state index in [1.54, 1.807) is 14.2 Å². The summed E-state index contributed by atoms with van der Waals surface area (Å²) in [6.07, 6.45) is 3.53. The van der Waals surface area contributed by atoms with Crippen LogP contribution in [0.15, 0.2) is 18.2 Å². The highest BCUT2D eigenvalue weighted by Crippen LogP contribution is 2.32. The second kappa shape index (κ2) is 12.1. The molecule has 25 heavy (non-hydrogen) atoms. The minimum absolute atomic E-state index is 0.